The van der Waals surface area contributed by atoms with Gasteiger partial charge in [0.05, 0.1) is 49.3 Å². The molecule has 2 saturated heterocycles. The van der Waals surface area contributed by atoms with Crippen molar-refractivity contribution in [2.24, 2.45) is 0 Å². The number of aromatic nitrogens is 3. The average Bonchev–Trinajstić information content (AvgIpc) is 3.39. The smallest absolute Gasteiger partial charge is 0.414 e. The first-order valence-corrected chi connectivity index (χ1v) is 10.8. The minimum absolute atomic E-state index is 0.0304. The maximum absolute atomic E-state index is 15.0. The van der Waals surface area contributed by atoms with Crippen LogP contribution >= 0.6 is 0 Å². The van der Waals surface area contributed by atoms with Gasteiger partial charge in [-0.25, -0.2) is 14.6 Å². The number of rotatable bonds is 7. The Morgan fingerprint density at radius 2 is 2.09 bits per heavy atom. The molecule has 4 rings (SSSR count). The Hall–Kier alpha value is -3.88. The number of hydrogen-bond donors (Lipinski definition) is 3. The number of H-pyrrole nitrogens is 1. The molecule has 3 amide bonds. The van der Waals surface area contributed by atoms with Crippen molar-refractivity contribution < 1.29 is 32.3 Å². The van der Waals surface area contributed by atoms with Gasteiger partial charge in [0.1, 0.15) is 11.9 Å². The maximum atomic E-state index is 15.0. The Kier molecular flexibility index (Phi) is 7.33. The van der Waals surface area contributed by atoms with Crippen LogP contribution in [0.4, 0.5) is 29.3 Å². The van der Waals surface area contributed by atoms with Gasteiger partial charge >= 0.3 is 12.5 Å². The van der Waals surface area contributed by atoms with E-state index in [-0.39, 0.29) is 31.1 Å². The third-order valence-corrected chi connectivity index (χ3v) is 5.54. The summed E-state index contributed by atoms with van der Waals surface area (Å²) in [5.41, 5.74) is 4.07. The van der Waals surface area contributed by atoms with E-state index < -0.39 is 30.3 Å². The predicted molar refractivity (Wildman–Crippen MR) is 115 cm³/mol. The van der Waals surface area contributed by atoms with Crippen LogP contribution in [0.25, 0.3) is 0 Å². The molecular formula is C20H23F3N8O4. The summed E-state index contributed by atoms with van der Waals surface area (Å²) in [6.07, 6.45) is -3.24. The molecule has 2 aromatic rings. The third kappa shape index (κ3) is 5.79. The molecule has 0 radical (unpaired) electrons. The van der Waals surface area contributed by atoms with Crippen LogP contribution in [0.5, 0.6) is 0 Å². The molecule has 2 aliphatic heterocycles. The van der Waals surface area contributed by atoms with E-state index in [0.717, 1.165) is 0 Å². The number of nitrogens with zero attached hydrogens (tertiary/aromatic N) is 5. The number of anilines is 2. The standard InChI is InChI=1S/C20H23F3N8O4/c21-15-8-13(30-11-14(35-20(30)34)10-24-19(33)18(22)23)1-2-16(15)29-4-3-26-31(6-5-29)17(32)7-12-9-25-28-27-12/h1-2,8-9,14,18,26H,3-7,10-11H2,(H,24,33)(H,25,27,28)/t14-/m0/s1. The number of nitrogens with one attached hydrogen (secondary N) is 3. The van der Waals surface area contributed by atoms with E-state index in [0.29, 0.717) is 37.6 Å². The van der Waals surface area contributed by atoms with Gasteiger partial charge in [0, 0.05) is 19.6 Å². The lowest BCUT2D eigenvalue weighted by Gasteiger charge is -2.24. The summed E-state index contributed by atoms with van der Waals surface area (Å²) >= 11 is 0. The molecule has 0 saturated carbocycles. The maximum Gasteiger partial charge on any atom is 0.414 e. The minimum atomic E-state index is -3.17. The Labute approximate surface area is 197 Å². The molecule has 2 aliphatic rings. The second-order valence-electron chi connectivity index (χ2n) is 7.88. The van der Waals surface area contributed by atoms with Crippen molar-refractivity contribution in [3.05, 3.63) is 35.9 Å². The first-order chi connectivity index (χ1) is 16.8. The van der Waals surface area contributed by atoms with Crippen molar-refractivity contribution in [3.63, 3.8) is 0 Å². The van der Waals surface area contributed by atoms with Gasteiger partial charge in [-0.05, 0) is 18.2 Å². The Morgan fingerprint density at radius 1 is 1.26 bits per heavy atom. The normalized spacial score (nSPS) is 18.6. The van der Waals surface area contributed by atoms with Gasteiger partial charge in [-0.3, -0.25) is 19.5 Å². The molecule has 3 heterocycles. The fraction of sp³-hybridized carbons (Fsp3) is 0.450. The molecular weight excluding hydrogens is 473 g/mol. The fourth-order valence-corrected chi connectivity index (χ4v) is 3.80. The summed E-state index contributed by atoms with van der Waals surface area (Å²) in [4.78, 5) is 38.6. The number of amides is 3. The van der Waals surface area contributed by atoms with Crippen LogP contribution in [0.1, 0.15) is 5.69 Å². The van der Waals surface area contributed by atoms with Crippen molar-refractivity contribution >= 4 is 29.3 Å². The molecule has 2 fully saturated rings. The lowest BCUT2D eigenvalue weighted by Crippen LogP contribution is -2.44. The van der Waals surface area contributed by atoms with Gasteiger partial charge < -0.3 is 15.0 Å². The van der Waals surface area contributed by atoms with Crippen molar-refractivity contribution in [1.82, 2.24) is 31.2 Å². The van der Waals surface area contributed by atoms with Crippen molar-refractivity contribution in [2.45, 2.75) is 19.0 Å². The minimum Gasteiger partial charge on any atom is -0.442 e. The molecule has 0 aliphatic carbocycles. The van der Waals surface area contributed by atoms with Gasteiger partial charge in [-0.2, -0.15) is 24.2 Å². The molecule has 35 heavy (non-hydrogen) atoms. The molecule has 1 atom stereocenters. The van der Waals surface area contributed by atoms with Crippen LogP contribution in [-0.2, 0) is 20.7 Å². The summed E-state index contributed by atoms with van der Waals surface area (Å²) in [6, 6.07) is 4.25. The SMILES string of the molecule is O=C(NC[C@H]1CN(c2ccc(N3CCNN(C(=O)Cc4cn[nH]n4)CC3)c(F)c2)C(=O)O1)C(F)F. The summed E-state index contributed by atoms with van der Waals surface area (Å²) < 4.78 is 44.7. The highest BCUT2D eigenvalue weighted by Gasteiger charge is 2.33. The number of ether oxygens (including phenoxy) is 1. The predicted octanol–water partition coefficient (Wildman–Crippen LogP) is 0.0462. The van der Waals surface area contributed by atoms with E-state index in [9.17, 15) is 23.2 Å². The van der Waals surface area contributed by atoms with Crippen molar-refractivity contribution in [2.75, 3.05) is 49.1 Å². The van der Waals surface area contributed by atoms with Crippen LogP contribution in [0.2, 0.25) is 0 Å². The number of carbonyl (C=O) groups excluding carboxylic acids is 3. The molecule has 3 N–H and O–H groups in total. The van der Waals surface area contributed by atoms with E-state index in [1.165, 1.54) is 28.2 Å². The van der Waals surface area contributed by atoms with Gasteiger partial charge in [-0.15, -0.1) is 0 Å². The zero-order valence-electron chi connectivity index (χ0n) is 18.4. The molecule has 15 heteroatoms. The van der Waals surface area contributed by atoms with E-state index >= 15 is 4.39 Å². The number of carbonyl (C=O) groups is 3. The second kappa shape index (κ2) is 10.6. The second-order valence-corrected chi connectivity index (χ2v) is 7.88. The largest absolute Gasteiger partial charge is 0.442 e. The lowest BCUT2D eigenvalue weighted by molar-refractivity contribution is -0.133. The molecule has 12 nitrogen and oxygen atoms in total. The lowest BCUT2D eigenvalue weighted by atomic mass is 10.2. The van der Waals surface area contributed by atoms with Crippen molar-refractivity contribution in [3.8, 4) is 0 Å². The average molecular weight is 496 g/mol. The number of hydrazine groups is 1. The van der Waals surface area contributed by atoms with Crippen LogP contribution in [0.3, 0.4) is 0 Å². The van der Waals surface area contributed by atoms with Gasteiger partial charge in [-0.1, -0.05) is 0 Å². The summed E-state index contributed by atoms with van der Waals surface area (Å²) in [5.74, 6) is -2.23. The number of hydrogen-bond acceptors (Lipinski definition) is 8. The topological polar surface area (TPSA) is 136 Å². The molecule has 1 aromatic carbocycles. The highest BCUT2D eigenvalue weighted by Crippen LogP contribution is 2.28. The van der Waals surface area contributed by atoms with Crippen LogP contribution in [0, 0.1) is 5.82 Å². The zero-order chi connectivity index (χ0) is 24.9. The number of cyclic esters (lactones) is 1. The van der Waals surface area contributed by atoms with Crippen molar-refractivity contribution in [1.29, 1.82) is 0 Å². The fourth-order valence-electron chi connectivity index (χ4n) is 3.80. The third-order valence-electron chi connectivity index (χ3n) is 5.54. The molecule has 0 bridgehead atoms. The molecule has 1 aromatic heterocycles. The van der Waals surface area contributed by atoms with Gasteiger partial charge in [0.2, 0.25) is 5.91 Å². The highest BCUT2D eigenvalue weighted by molar-refractivity contribution is 5.90. The van der Waals surface area contributed by atoms with Gasteiger partial charge in [0.25, 0.3) is 5.91 Å². The van der Waals surface area contributed by atoms with E-state index in [1.807, 2.05) is 5.32 Å². The van der Waals surface area contributed by atoms with Crippen LogP contribution in [-0.4, -0.2) is 90.1 Å². The molecule has 0 spiro atoms. The number of aromatic amines is 1. The first kappa shape index (κ1) is 24.3. The Balaban J connectivity index is 1.35. The number of alkyl halides is 2. The summed E-state index contributed by atoms with van der Waals surface area (Å²) in [6.45, 7) is 1.20. The number of benzene rings is 1. The van der Waals surface area contributed by atoms with E-state index in [2.05, 4.69) is 20.8 Å². The zero-order valence-corrected chi connectivity index (χ0v) is 18.4. The quantitative estimate of drug-likeness (QED) is 0.489. The Morgan fingerprint density at radius 3 is 2.80 bits per heavy atom. The first-order valence-electron chi connectivity index (χ1n) is 10.8. The van der Waals surface area contributed by atoms with E-state index in [1.54, 1.807) is 11.0 Å². The summed E-state index contributed by atoms with van der Waals surface area (Å²) in [7, 11) is 0. The Bertz CT molecular complexity index is 1070. The van der Waals surface area contributed by atoms with Crippen LogP contribution in [0.15, 0.2) is 24.4 Å². The molecule has 0 unspecified atom stereocenters. The molecule has 188 valence electrons. The summed E-state index contributed by atoms with van der Waals surface area (Å²) in [5, 5.41) is 13.5. The van der Waals surface area contributed by atoms with Gasteiger partial charge in [0.15, 0.2) is 0 Å². The van der Waals surface area contributed by atoms with Crippen LogP contribution < -0.4 is 20.5 Å². The van der Waals surface area contributed by atoms with E-state index in [4.69, 9.17) is 4.74 Å². The highest BCUT2D eigenvalue weighted by atomic mass is 19.3. The monoisotopic (exact) mass is 496 g/mol. The number of halogens is 3.